The lowest BCUT2D eigenvalue weighted by Crippen LogP contribution is -2.14. The lowest BCUT2D eigenvalue weighted by molar-refractivity contribution is -0.384. The summed E-state index contributed by atoms with van der Waals surface area (Å²) in [5.74, 6) is 0.0852. The van der Waals surface area contributed by atoms with Crippen LogP contribution >= 0.6 is 27.5 Å². The third-order valence-electron chi connectivity index (χ3n) is 2.39. The van der Waals surface area contributed by atoms with Crippen molar-refractivity contribution >= 4 is 49.1 Å². The fourth-order valence-corrected chi connectivity index (χ4v) is 3.00. The molecule has 0 radical (unpaired) electrons. The van der Waals surface area contributed by atoms with E-state index in [9.17, 15) is 18.5 Å². The number of halogens is 2. The van der Waals surface area contributed by atoms with Gasteiger partial charge in [-0.2, -0.15) is 0 Å². The Kier molecular flexibility index (Phi) is 4.45. The molecule has 1 heterocycles. The zero-order valence-corrected chi connectivity index (χ0v) is 13.3. The van der Waals surface area contributed by atoms with Gasteiger partial charge in [0.15, 0.2) is 0 Å². The van der Waals surface area contributed by atoms with Crippen LogP contribution in [0.1, 0.15) is 0 Å². The first kappa shape index (κ1) is 15.7. The van der Waals surface area contributed by atoms with Crippen LogP contribution in [0.25, 0.3) is 0 Å². The molecule has 10 heteroatoms. The highest BCUT2D eigenvalue weighted by Crippen LogP contribution is 2.28. The van der Waals surface area contributed by atoms with Crippen LogP contribution in [0, 0.1) is 10.1 Å². The number of rotatable bonds is 4. The fraction of sp³-hybridized carbons (Fsp3) is 0. The first-order valence-electron chi connectivity index (χ1n) is 5.38. The fourth-order valence-electron chi connectivity index (χ4n) is 1.46. The minimum Gasteiger partial charge on any atom is -0.263 e. The van der Waals surface area contributed by atoms with Gasteiger partial charge in [0, 0.05) is 16.7 Å². The van der Waals surface area contributed by atoms with E-state index in [1.807, 2.05) is 0 Å². The number of aromatic nitrogens is 1. The molecule has 110 valence electrons. The first-order chi connectivity index (χ1) is 9.79. The van der Waals surface area contributed by atoms with Gasteiger partial charge in [-0.1, -0.05) is 27.5 Å². The molecular weight excluding hydrogens is 386 g/mol. The molecule has 2 rings (SSSR count). The van der Waals surface area contributed by atoms with Crippen molar-refractivity contribution in [1.82, 2.24) is 4.98 Å². The van der Waals surface area contributed by atoms with E-state index in [1.54, 1.807) is 6.07 Å². The van der Waals surface area contributed by atoms with Crippen LogP contribution in [0.4, 0.5) is 11.5 Å². The van der Waals surface area contributed by atoms with Crippen LogP contribution < -0.4 is 4.72 Å². The van der Waals surface area contributed by atoms with Crippen molar-refractivity contribution in [3.05, 3.63) is 56.1 Å². The zero-order chi connectivity index (χ0) is 15.6. The molecule has 0 saturated heterocycles. The summed E-state index contributed by atoms with van der Waals surface area (Å²) in [4.78, 5) is 13.6. The molecule has 0 bridgehead atoms. The summed E-state index contributed by atoms with van der Waals surface area (Å²) < 4.78 is 27.2. The molecule has 0 fully saturated rings. The number of sulfonamides is 1. The van der Waals surface area contributed by atoms with Gasteiger partial charge >= 0.3 is 0 Å². The van der Waals surface area contributed by atoms with E-state index < -0.39 is 20.6 Å². The molecule has 0 aliphatic carbocycles. The Morgan fingerprint density at radius 2 is 2.00 bits per heavy atom. The number of pyridine rings is 1. The molecule has 0 amide bonds. The van der Waals surface area contributed by atoms with Gasteiger partial charge in [-0.25, -0.2) is 13.4 Å². The second-order valence-corrected chi connectivity index (χ2v) is 6.84. The van der Waals surface area contributed by atoms with Crippen molar-refractivity contribution in [3.8, 4) is 0 Å². The van der Waals surface area contributed by atoms with Crippen molar-refractivity contribution in [2.45, 2.75) is 4.90 Å². The largest absolute Gasteiger partial charge is 0.289 e. The van der Waals surface area contributed by atoms with E-state index in [0.29, 0.717) is 4.47 Å². The van der Waals surface area contributed by atoms with Crippen LogP contribution in [-0.4, -0.2) is 18.3 Å². The van der Waals surface area contributed by atoms with Gasteiger partial charge in [-0.3, -0.25) is 14.8 Å². The number of nitro groups is 1. The van der Waals surface area contributed by atoms with Gasteiger partial charge in [-0.15, -0.1) is 0 Å². The number of nitrogens with one attached hydrogen (secondary N) is 1. The maximum absolute atomic E-state index is 12.2. The molecule has 21 heavy (non-hydrogen) atoms. The number of nitro benzene ring substituents is 1. The number of hydrogen-bond acceptors (Lipinski definition) is 5. The van der Waals surface area contributed by atoms with Gasteiger partial charge in [0.2, 0.25) is 0 Å². The summed E-state index contributed by atoms with van der Waals surface area (Å²) >= 11 is 8.83. The van der Waals surface area contributed by atoms with Crippen molar-refractivity contribution in [1.29, 1.82) is 0 Å². The SMILES string of the molecule is O=[N+]([O-])c1cc(S(=O)(=O)Nc2cc(Br)ccn2)ccc1Cl. The normalized spacial score (nSPS) is 11.1. The second kappa shape index (κ2) is 5.96. The minimum absolute atomic E-state index is 0.0852. The van der Waals surface area contributed by atoms with Gasteiger partial charge in [0.1, 0.15) is 10.8 Å². The Hall–Kier alpha value is -1.71. The summed E-state index contributed by atoms with van der Waals surface area (Å²) in [6.07, 6.45) is 1.41. The van der Waals surface area contributed by atoms with Crippen LogP contribution in [0.15, 0.2) is 45.9 Å². The van der Waals surface area contributed by atoms with E-state index in [2.05, 4.69) is 25.6 Å². The van der Waals surface area contributed by atoms with E-state index in [1.165, 1.54) is 18.3 Å². The summed E-state index contributed by atoms with van der Waals surface area (Å²) in [5, 5.41) is 10.7. The molecule has 0 spiro atoms. The molecule has 2 aromatic rings. The second-order valence-electron chi connectivity index (χ2n) is 3.84. The van der Waals surface area contributed by atoms with Crippen LogP contribution in [-0.2, 0) is 10.0 Å². The number of nitrogens with zero attached hydrogens (tertiary/aromatic N) is 2. The smallest absolute Gasteiger partial charge is 0.263 e. The highest BCUT2D eigenvalue weighted by molar-refractivity contribution is 9.10. The summed E-state index contributed by atoms with van der Waals surface area (Å²) in [6, 6.07) is 6.31. The maximum atomic E-state index is 12.2. The van der Waals surface area contributed by atoms with Crippen molar-refractivity contribution in [2.75, 3.05) is 4.72 Å². The predicted octanol–water partition coefficient (Wildman–Crippen LogP) is 3.21. The topological polar surface area (TPSA) is 102 Å². The highest BCUT2D eigenvalue weighted by atomic mass is 79.9. The summed E-state index contributed by atoms with van der Waals surface area (Å²) in [5.41, 5.74) is -0.484. The van der Waals surface area contributed by atoms with Gasteiger partial charge < -0.3 is 0 Å². The lowest BCUT2D eigenvalue weighted by Gasteiger charge is -2.07. The number of benzene rings is 1. The Bertz CT molecular complexity index is 813. The van der Waals surface area contributed by atoms with Crippen LogP contribution in [0.5, 0.6) is 0 Å². The van der Waals surface area contributed by atoms with Gasteiger partial charge in [-0.05, 0) is 24.3 Å². The third kappa shape index (κ3) is 3.69. The Morgan fingerprint density at radius 3 is 2.62 bits per heavy atom. The van der Waals surface area contributed by atoms with Crippen molar-refractivity contribution < 1.29 is 13.3 Å². The highest BCUT2D eigenvalue weighted by Gasteiger charge is 2.21. The van der Waals surface area contributed by atoms with Crippen LogP contribution in [0.3, 0.4) is 0 Å². The van der Waals surface area contributed by atoms with E-state index in [4.69, 9.17) is 11.6 Å². The third-order valence-corrected chi connectivity index (χ3v) is 4.55. The molecule has 1 N–H and O–H groups in total. The molecule has 0 unspecified atom stereocenters. The predicted molar refractivity (Wildman–Crippen MR) is 80.9 cm³/mol. The minimum atomic E-state index is -4.00. The van der Waals surface area contributed by atoms with Gasteiger partial charge in [0.05, 0.1) is 9.82 Å². The number of hydrogen-bond donors (Lipinski definition) is 1. The Labute approximate surface area is 133 Å². The molecule has 1 aromatic heterocycles. The zero-order valence-electron chi connectivity index (χ0n) is 10.2. The van der Waals surface area contributed by atoms with Crippen LogP contribution in [0.2, 0.25) is 5.02 Å². The molecule has 0 aliphatic rings. The Morgan fingerprint density at radius 1 is 1.29 bits per heavy atom. The monoisotopic (exact) mass is 391 g/mol. The molecule has 0 atom stereocenters. The summed E-state index contributed by atoms with van der Waals surface area (Å²) in [6.45, 7) is 0. The lowest BCUT2D eigenvalue weighted by atomic mass is 10.3. The maximum Gasteiger partial charge on any atom is 0.289 e. The average Bonchev–Trinajstić information content (AvgIpc) is 2.38. The van der Waals surface area contributed by atoms with E-state index >= 15 is 0 Å². The van der Waals surface area contributed by atoms with Crippen molar-refractivity contribution in [3.63, 3.8) is 0 Å². The molecular formula is C11H7BrClN3O4S. The van der Waals surface area contributed by atoms with E-state index in [0.717, 1.165) is 12.1 Å². The van der Waals surface area contributed by atoms with Gasteiger partial charge in [0.25, 0.3) is 15.7 Å². The quantitative estimate of drug-likeness (QED) is 0.636. The molecule has 0 saturated carbocycles. The molecule has 0 aliphatic heterocycles. The Balaban J connectivity index is 2.40. The van der Waals surface area contributed by atoms with E-state index in [-0.39, 0.29) is 15.7 Å². The standard InChI is InChI=1S/C11H7BrClN3O4S/c12-7-3-4-14-11(5-7)15-21(19,20)8-1-2-9(13)10(6-8)16(17)18/h1-6H,(H,14,15). The number of anilines is 1. The van der Waals surface area contributed by atoms with Crippen molar-refractivity contribution in [2.24, 2.45) is 0 Å². The summed E-state index contributed by atoms with van der Waals surface area (Å²) in [7, 11) is -4.00. The molecule has 1 aromatic carbocycles. The molecule has 7 nitrogen and oxygen atoms in total. The average molecular weight is 393 g/mol. The first-order valence-corrected chi connectivity index (χ1v) is 8.03.